The molecule has 1 aromatic heterocycles. The van der Waals surface area contributed by atoms with Crippen LogP contribution < -0.4 is 5.73 Å². The second kappa shape index (κ2) is 4.38. The van der Waals surface area contributed by atoms with Gasteiger partial charge in [-0.3, -0.25) is 0 Å². The number of halogens is 2. The Morgan fingerprint density at radius 3 is 2.63 bits per heavy atom. The molecule has 19 heavy (non-hydrogen) atoms. The van der Waals surface area contributed by atoms with Gasteiger partial charge in [0.15, 0.2) is 5.82 Å². The number of nitrogens with two attached hydrogens (primary N) is 1. The molecule has 4 nitrogen and oxygen atoms in total. The van der Waals surface area contributed by atoms with Crippen LogP contribution in [0.1, 0.15) is 31.5 Å². The molecule has 0 atom stereocenters. The Morgan fingerprint density at radius 1 is 1.21 bits per heavy atom. The largest absolute Gasteiger partial charge is 0.334 e. The van der Waals surface area contributed by atoms with Crippen LogP contribution in [0.2, 0.25) is 0 Å². The van der Waals surface area contributed by atoms with Crippen molar-refractivity contribution in [3.8, 4) is 11.5 Å². The first-order chi connectivity index (χ1) is 9.08. The summed E-state index contributed by atoms with van der Waals surface area (Å²) in [5.41, 5.74) is 5.70. The first-order valence-corrected chi connectivity index (χ1v) is 6.17. The van der Waals surface area contributed by atoms with Gasteiger partial charge in [0.25, 0.3) is 5.89 Å². The molecule has 0 saturated heterocycles. The third-order valence-electron chi connectivity index (χ3n) is 3.53. The van der Waals surface area contributed by atoms with E-state index in [1.807, 2.05) is 0 Å². The first kappa shape index (κ1) is 12.2. The molecule has 0 bridgehead atoms. The third-order valence-corrected chi connectivity index (χ3v) is 3.53. The molecule has 1 saturated carbocycles. The Hall–Kier alpha value is -1.82. The summed E-state index contributed by atoms with van der Waals surface area (Å²) in [6.07, 6.45) is 3.62. The number of benzene rings is 1. The van der Waals surface area contributed by atoms with Gasteiger partial charge in [-0.05, 0) is 25.0 Å². The van der Waals surface area contributed by atoms with Crippen LogP contribution in [-0.2, 0) is 5.54 Å². The lowest BCUT2D eigenvalue weighted by molar-refractivity contribution is 0.372. The van der Waals surface area contributed by atoms with Crippen molar-refractivity contribution < 1.29 is 13.3 Å². The predicted octanol–water partition coefficient (Wildman–Crippen LogP) is 2.74. The van der Waals surface area contributed by atoms with Crippen LogP contribution in [0.25, 0.3) is 11.5 Å². The smallest absolute Gasteiger partial charge is 0.260 e. The van der Waals surface area contributed by atoms with Gasteiger partial charge in [-0.2, -0.15) is 4.98 Å². The summed E-state index contributed by atoms with van der Waals surface area (Å²) in [7, 11) is 0. The van der Waals surface area contributed by atoms with E-state index >= 15 is 0 Å². The van der Waals surface area contributed by atoms with Gasteiger partial charge >= 0.3 is 0 Å². The second-order valence-corrected chi connectivity index (χ2v) is 4.91. The van der Waals surface area contributed by atoms with E-state index in [1.54, 1.807) is 0 Å². The van der Waals surface area contributed by atoms with Crippen LogP contribution in [0.15, 0.2) is 22.7 Å². The number of hydrogen-bond donors (Lipinski definition) is 1. The van der Waals surface area contributed by atoms with Crippen LogP contribution >= 0.6 is 0 Å². The molecule has 1 fully saturated rings. The summed E-state index contributed by atoms with van der Waals surface area (Å²) < 4.78 is 31.5. The van der Waals surface area contributed by atoms with Crippen molar-refractivity contribution in [2.75, 3.05) is 0 Å². The minimum Gasteiger partial charge on any atom is -0.334 e. The Kier molecular flexibility index (Phi) is 2.82. The monoisotopic (exact) mass is 265 g/mol. The second-order valence-electron chi connectivity index (χ2n) is 4.91. The number of nitrogens with zero attached hydrogens (tertiary/aromatic N) is 2. The van der Waals surface area contributed by atoms with E-state index in [9.17, 15) is 8.78 Å². The maximum atomic E-state index is 13.6. The molecule has 1 heterocycles. The van der Waals surface area contributed by atoms with E-state index in [4.69, 9.17) is 10.3 Å². The highest BCUT2D eigenvalue weighted by Crippen LogP contribution is 2.35. The lowest BCUT2D eigenvalue weighted by atomic mass is 9.99. The van der Waals surface area contributed by atoms with Crippen LogP contribution in [0.4, 0.5) is 8.78 Å². The number of hydrogen-bond acceptors (Lipinski definition) is 4. The fourth-order valence-corrected chi connectivity index (χ4v) is 2.43. The van der Waals surface area contributed by atoms with Gasteiger partial charge in [-0.25, -0.2) is 8.78 Å². The quantitative estimate of drug-likeness (QED) is 0.906. The molecule has 3 rings (SSSR count). The molecule has 0 aliphatic heterocycles. The molecule has 6 heteroatoms. The van der Waals surface area contributed by atoms with Crippen LogP contribution in [0.3, 0.4) is 0 Å². The van der Waals surface area contributed by atoms with Gasteiger partial charge in [-0.15, -0.1) is 0 Å². The van der Waals surface area contributed by atoms with E-state index in [0.717, 1.165) is 37.8 Å². The summed E-state index contributed by atoms with van der Waals surface area (Å²) in [6.45, 7) is 0. The maximum absolute atomic E-state index is 13.6. The van der Waals surface area contributed by atoms with E-state index in [1.165, 1.54) is 6.07 Å². The standard InChI is InChI=1S/C13H13F2N3O/c14-8-3-4-9(10(15)7-8)11-17-12(18-19-11)13(16)5-1-2-6-13/h3-4,7H,1-2,5-6,16H2. The molecule has 1 aliphatic carbocycles. The molecule has 0 unspecified atom stereocenters. The molecule has 0 spiro atoms. The highest BCUT2D eigenvalue weighted by atomic mass is 19.1. The van der Waals surface area contributed by atoms with Crippen molar-refractivity contribution in [2.24, 2.45) is 5.73 Å². The van der Waals surface area contributed by atoms with Crippen molar-refractivity contribution >= 4 is 0 Å². The zero-order chi connectivity index (χ0) is 13.5. The van der Waals surface area contributed by atoms with Crippen LogP contribution in [-0.4, -0.2) is 10.1 Å². The van der Waals surface area contributed by atoms with Gasteiger partial charge in [0.05, 0.1) is 11.1 Å². The zero-order valence-electron chi connectivity index (χ0n) is 10.2. The summed E-state index contributed by atoms with van der Waals surface area (Å²) in [5.74, 6) is -0.951. The average molecular weight is 265 g/mol. The normalized spacial score (nSPS) is 17.8. The SMILES string of the molecule is NC1(c2noc(-c3ccc(F)cc3F)n2)CCCC1. The van der Waals surface area contributed by atoms with Gasteiger partial charge in [0.2, 0.25) is 0 Å². The molecule has 1 aromatic carbocycles. The Bertz CT molecular complexity index is 606. The number of aromatic nitrogens is 2. The maximum Gasteiger partial charge on any atom is 0.260 e. The molecule has 2 aromatic rings. The summed E-state index contributed by atoms with van der Waals surface area (Å²) >= 11 is 0. The summed E-state index contributed by atoms with van der Waals surface area (Å²) in [4.78, 5) is 4.16. The molecule has 100 valence electrons. The van der Waals surface area contributed by atoms with Gasteiger partial charge < -0.3 is 10.3 Å². The van der Waals surface area contributed by atoms with E-state index in [2.05, 4.69) is 10.1 Å². The van der Waals surface area contributed by atoms with Crippen molar-refractivity contribution in [2.45, 2.75) is 31.2 Å². The Morgan fingerprint density at radius 2 is 1.95 bits per heavy atom. The summed E-state index contributed by atoms with van der Waals surface area (Å²) in [5, 5.41) is 3.84. The average Bonchev–Trinajstić information content (AvgIpc) is 2.99. The van der Waals surface area contributed by atoms with Crippen molar-refractivity contribution in [1.82, 2.24) is 10.1 Å². The van der Waals surface area contributed by atoms with Crippen LogP contribution in [0, 0.1) is 11.6 Å². The molecular formula is C13H13F2N3O. The minimum absolute atomic E-state index is 0.0317. The van der Waals surface area contributed by atoms with Crippen molar-refractivity contribution in [3.05, 3.63) is 35.7 Å². The summed E-state index contributed by atoms with van der Waals surface area (Å²) in [6, 6.07) is 3.21. The lowest BCUT2D eigenvalue weighted by Crippen LogP contribution is -2.34. The Labute approximate surface area is 108 Å². The minimum atomic E-state index is -0.729. The highest BCUT2D eigenvalue weighted by molar-refractivity contribution is 5.53. The van der Waals surface area contributed by atoms with Crippen LogP contribution in [0.5, 0.6) is 0 Å². The van der Waals surface area contributed by atoms with E-state index in [0.29, 0.717) is 5.82 Å². The van der Waals surface area contributed by atoms with Gasteiger partial charge in [0, 0.05) is 6.07 Å². The highest BCUT2D eigenvalue weighted by Gasteiger charge is 2.36. The predicted molar refractivity (Wildman–Crippen MR) is 64.0 cm³/mol. The third kappa shape index (κ3) is 2.12. The molecule has 1 aliphatic rings. The zero-order valence-corrected chi connectivity index (χ0v) is 10.2. The fraction of sp³-hybridized carbons (Fsp3) is 0.385. The topological polar surface area (TPSA) is 64.9 Å². The molecule has 2 N–H and O–H groups in total. The van der Waals surface area contributed by atoms with Gasteiger partial charge in [-0.1, -0.05) is 18.0 Å². The van der Waals surface area contributed by atoms with E-state index in [-0.39, 0.29) is 11.5 Å². The number of rotatable bonds is 2. The Balaban J connectivity index is 1.97. The molecule has 0 radical (unpaired) electrons. The first-order valence-electron chi connectivity index (χ1n) is 6.17. The van der Waals surface area contributed by atoms with Gasteiger partial charge in [0.1, 0.15) is 11.6 Å². The molecular weight excluding hydrogens is 252 g/mol. The van der Waals surface area contributed by atoms with E-state index < -0.39 is 17.2 Å². The molecule has 0 amide bonds. The lowest BCUT2D eigenvalue weighted by Gasteiger charge is -2.17. The van der Waals surface area contributed by atoms with Crippen molar-refractivity contribution in [1.29, 1.82) is 0 Å². The van der Waals surface area contributed by atoms with Crippen molar-refractivity contribution in [3.63, 3.8) is 0 Å². The fourth-order valence-electron chi connectivity index (χ4n) is 2.43.